The highest BCUT2D eigenvalue weighted by Gasteiger charge is 2.32. The standard InChI is InChI=1S/C24H31N5O4/c1-2-33-24(32)27-13-11-26(12-14-27)23(31)20-9-6-10-28(18-20)21-15-22(30)29(25-16-21)17-19-7-4-3-5-8-19/h3-5,7-8,15-16,20H,2,6,9-14,17-18H2,1H3. The van der Waals surface area contributed by atoms with Crippen LogP contribution in [0.3, 0.4) is 0 Å². The summed E-state index contributed by atoms with van der Waals surface area (Å²) in [5.74, 6) is -0.00627. The highest BCUT2D eigenvalue weighted by molar-refractivity contribution is 5.80. The van der Waals surface area contributed by atoms with Crippen LogP contribution in [0.2, 0.25) is 0 Å². The van der Waals surface area contributed by atoms with E-state index in [1.807, 2.05) is 35.2 Å². The molecule has 1 unspecified atom stereocenters. The van der Waals surface area contributed by atoms with Gasteiger partial charge in [-0.1, -0.05) is 30.3 Å². The highest BCUT2D eigenvalue weighted by Crippen LogP contribution is 2.24. The fourth-order valence-corrected chi connectivity index (χ4v) is 4.47. The zero-order chi connectivity index (χ0) is 23.2. The van der Waals surface area contributed by atoms with Crippen LogP contribution in [-0.4, -0.2) is 77.5 Å². The summed E-state index contributed by atoms with van der Waals surface area (Å²) in [5, 5.41) is 4.37. The Morgan fingerprint density at radius 1 is 1.06 bits per heavy atom. The third kappa shape index (κ3) is 5.53. The molecule has 0 radical (unpaired) electrons. The number of anilines is 1. The number of rotatable bonds is 5. The number of benzene rings is 1. The van der Waals surface area contributed by atoms with Gasteiger partial charge in [0, 0.05) is 45.3 Å². The van der Waals surface area contributed by atoms with E-state index in [-0.39, 0.29) is 23.5 Å². The number of carbonyl (C=O) groups is 2. The minimum Gasteiger partial charge on any atom is -0.450 e. The molecule has 1 aromatic carbocycles. The van der Waals surface area contributed by atoms with E-state index in [9.17, 15) is 14.4 Å². The van der Waals surface area contributed by atoms with E-state index >= 15 is 0 Å². The van der Waals surface area contributed by atoms with Crippen LogP contribution in [0, 0.1) is 5.92 Å². The lowest BCUT2D eigenvalue weighted by Crippen LogP contribution is -2.53. The van der Waals surface area contributed by atoms with Crippen LogP contribution in [0.1, 0.15) is 25.3 Å². The van der Waals surface area contributed by atoms with Crippen LogP contribution in [0.4, 0.5) is 10.5 Å². The number of hydrogen-bond acceptors (Lipinski definition) is 6. The number of nitrogens with zero attached hydrogens (tertiary/aromatic N) is 5. The fraction of sp³-hybridized carbons (Fsp3) is 0.500. The number of amides is 2. The number of hydrogen-bond donors (Lipinski definition) is 0. The first-order valence-corrected chi connectivity index (χ1v) is 11.6. The van der Waals surface area contributed by atoms with Crippen molar-refractivity contribution in [2.75, 3.05) is 50.8 Å². The second-order valence-electron chi connectivity index (χ2n) is 8.49. The molecule has 9 nitrogen and oxygen atoms in total. The first-order chi connectivity index (χ1) is 16.0. The summed E-state index contributed by atoms with van der Waals surface area (Å²) < 4.78 is 6.50. The predicted molar refractivity (Wildman–Crippen MR) is 124 cm³/mol. The van der Waals surface area contributed by atoms with E-state index in [0.717, 1.165) is 30.6 Å². The molecule has 2 aliphatic heterocycles. The topological polar surface area (TPSA) is 88.0 Å². The SMILES string of the molecule is CCOC(=O)N1CCN(C(=O)C2CCCN(c3cnn(Cc4ccccc4)c(=O)c3)C2)CC1. The van der Waals surface area contributed by atoms with Crippen molar-refractivity contribution in [2.45, 2.75) is 26.3 Å². The molecular weight excluding hydrogens is 422 g/mol. The van der Waals surface area contributed by atoms with Crippen molar-refractivity contribution >= 4 is 17.7 Å². The van der Waals surface area contributed by atoms with E-state index < -0.39 is 0 Å². The molecule has 0 spiro atoms. The molecule has 2 aliphatic rings. The van der Waals surface area contributed by atoms with E-state index in [2.05, 4.69) is 10.00 Å². The second-order valence-corrected chi connectivity index (χ2v) is 8.49. The molecule has 4 rings (SSSR count). The van der Waals surface area contributed by atoms with Gasteiger partial charge in [0.2, 0.25) is 5.91 Å². The maximum absolute atomic E-state index is 13.1. The summed E-state index contributed by atoms with van der Waals surface area (Å²) >= 11 is 0. The lowest BCUT2D eigenvalue weighted by molar-refractivity contribution is -0.137. The molecule has 1 atom stereocenters. The number of piperazine rings is 1. The van der Waals surface area contributed by atoms with Crippen molar-refractivity contribution in [2.24, 2.45) is 5.92 Å². The Hall–Kier alpha value is -3.36. The zero-order valence-corrected chi connectivity index (χ0v) is 19.1. The van der Waals surface area contributed by atoms with Crippen molar-refractivity contribution in [3.63, 3.8) is 0 Å². The van der Waals surface area contributed by atoms with Gasteiger partial charge in [-0.2, -0.15) is 5.10 Å². The van der Waals surface area contributed by atoms with Crippen LogP contribution in [-0.2, 0) is 16.1 Å². The zero-order valence-electron chi connectivity index (χ0n) is 19.1. The maximum atomic E-state index is 13.1. The van der Waals surface area contributed by atoms with Crippen molar-refractivity contribution in [1.29, 1.82) is 0 Å². The molecule has 1 aromatic heterocycles. The van der Waals surface area contributed by atoms with E-state index in [4.69, 9.17) is 4.74 Å². The van der Waals surface area contributed by atoms with Crippen LogP contribution in [0.5, 0.6) is 0 Å². The molecule has 0 aliphatic carbocycles. The Morgan fingerprint density at radius 2 is 1.79 bits per heavy atom. The summed E-state index contributed by atoms with van der Waals surface area (Å²) in [6, 6.07) is 11.4. The molecule has 2 amide bonds. The Morgan fingerprint density at radius 3 is 2.48 bits per heavy atom. The van der Waals surface area contributed by atoms with Crippen LogP contribution in [0.25, 0.3) is 0 Å². The molecule has 176 valence electrons. The Balaban J connectivity index is 1.35. The number of piperidine rings is 1. The van der Waals surface area contributed by atoms with Gasteiger partial charge in [0.15, 0.2) is 0 Å². The lowest BCUT2D eigenvalue weighted by Gasteiger charge is -2.39. The minimum absolute atomic E-state index is 0.119. The van der Waals surface area contributed by atoms with E-state index in [1.54, 1.807) is 24.1 Å². The van der Waals surface area contributed by atoms with Gasteiger partial charge in [-0.3, -0.25) is 9.59 Å². The third-order valence-corrected chi connectivity index (χ3v) is 6.28. The van der Waals surface area contributed by atoms with Crippen molar-refractivity contribution in [1.82, 2.24) is 19.6 Å². The molecule has 0 bridgehead atoms. The monoisotopic (exact) mass is 453 g/mol. The van der Waals surface area contributed by atoms with Crippen molar-refractivity contribution < 1.29 is 14.3 Å². The first kappa shape index (κ1) is 22.8. The number of carbonyl (C=O) groups excluding carboxylic acids is 2. The molecule has 2 saturated heterocycles. The summed E-state index contributed by atoms with van der Waals surface area (Å²) in [5.41, 5.74) is 1.63. The van der Waals surface area contributed by atoms with Gasteiger partial charge < -0.3 is 19.4 Å². The Labute approximate surface area is 193 Å². The molecular formula is C24H31N5O4. The van der Waals surface area contributed by atoms with Crippen LogP contribution < -0.4 is 10.5 Å². The molecule has 0 N–H and O–H groups in total. The van der Waals surface area contributed by atoms with Gasteiger partial charge in [0.1, 0.15) is 0 Å². The minimum atomic E-state index is -0.317. The van der Waals surface area contributed by atoms with Gasteiger partial charge in [0.05, 0.1) is 31.0 Å². The van der Waals surface area contributed by atoms with Crippen LogP contribution >= 0.6 is 0 Å². The summed E-state index contributed by atoms with van der Waals surface area (Å²) in [7, 11) is 0. The second kappa shape index (κ2) is 10.5. The van der Waals surface area contributed by atoms with Gasteiger partial charge in [0.25, 0.3) is 5.56 Å². The molecule has 9 heteroatoms. The van der Waals surface area contributed by atoms with Gasteiger partial charge in [-0.05, 0) is 25.3 Å². The third-order valence-electron chi connectivity index (χ3n) is 6.28. The maximum Gasteiger partial charge on any atom is 0.409 e. The first-order valence-electron chi connectivity index (χ1n) is 11.6. The van der Waals surface area contributed by atoms with E-state index in [1.165, 1.54) is 4.68 Å². The fourth-order valence-electron chi connectivity index (χ4n) is 4.47. The molecule has 2 fully saturated rings. The smallest absolute Gasteiger partial charge is 0.409 e. The van der Waals surface area contributed by atoms with Crippen molar-refractivity contribution in [3.05, 3.63) is 58.5 Å². The quantitative estimate of drug-likeness (QED) is 0.686. The number of ether oxygens (including phenoxy) is 1. The van der Waals surface area contributed by atoms with Crippen LogP contribution in [0.15, 0.2) is 47.4 Å². The molecule has 3 heterocycles. The predicted octanol–water partition coefficient (Wildman–Crippen LogP) is 1.81. The average molecular weight is 454 g/mol. The molecule has 2 aromatic rings. The Kier molecular flexibility index (Phi) is 7.26. The molecule has 0 saturated carbocycles. The average Bonchev–Trinajstić information content (AvgIpc) is 2.86. The Bertz CT molecular complexity index is 1020. The summed E-state index contributed by atoms with van der Waals surface area (Å²) in [6.07, 6.45) is 3.11. The van der Waals surface area contributed by atoms with Crippen molar-refractivity contribution in [3.8, 4) is 0 Å². The normalized spacial score (nSPS) is 18.8. The van der Waals surface area contributed by atoms with E-state index in [0.29, 0.717) is 45.9 Å². The highest BCUT2D eigenvalue weighted by atomic mass is 16.6. The number of aromatic nitrogens is 2. The largest absolute Gasteiger partial charge is 0.450 e. The lowest BCUT2D eigenvalue weighted by atomic mass is 9.96. The van der Waals surface area contributed by atoms with Gasteiger partial charge in [-0.25, -0.2) is 9.48 Å². The van der Waals surface area contributed by atoms with Gasteiger partial charge in [-0.15, -0.1) is 0 Å². The van der Waals surface area contributed by atoms with Gasteiger partial charge >= 0.3 is 6.09 Å². The summed E-state index contributed by atoms with van der Waals surface area (Å²) in [4.78, 5) is 43.3. The summed E-state index contributed by atoms with van der Waals surface area (Å²) in [6.45, 7) is 5.95. The molecule has 33 heavy (non-hydrogen) atoms.